The lowest BCUT2D eigenvalue weighted by atomic mass is 10.2. The van der Waals surface area contributed by atoms with Crippen LogP contribution in [0.4, 0.5) is 0 Å². The number of methoxy groups -OCH3 is 2. The van der Waals surface area contributed by atoms with Crippen LogP contribution >= 0.6 is 0 Å². The van der Waals surface area contributed by atoms with Crippen molar-refractivity contribution >= 4 is 0 Å². The Morgan fingerprint density at radius 2 is 2.10 bits per heavy atom. The van der Waals surface area contributed by atoms with Crippen molar-refractivity contribution in [2.75, 3.05) is 34.4 Å². The van der Waals surface area contributed by atoms with Gasteiger partial charge in [0.05, 0.1) is 6.10 Å². The van der Waals surface area contributed by atoms with Crippen LogP contribution in [0.3, 0.4) is 0 Å². The van der Waals surface area contributed by atoms with E-state index >= 15 is 0 Å². The first-order chi connectivity index (χ1) is 4.85. The molecule has 0 heterocycles. The van der Waals surface area contributed by atoms with Gasteiger partial charge >= 0.3 is 0 Å². The van der Waals surface area contributed by atoms with Gasteiger partial charge < -0.3 is 14.8 Å². The number of hydrogen-bond acceptors (Lipinski definition) is 3. The largest absolute Gasteiger partial charge is 0.385 e. The maximum atomic E-state index is 5.15. The van der Waals surface area contributed by atoms with Gasteiger partial charge in [-0.2, -0.15) is 0 Å². The average Bonchev–Trinajstić information content (AvgIpc) is 1.98. The molecule has 0 rings (SSSR count). The molecule has 1 unspecified atom stereocenters. The molecule has 0 saturated carbocycles. The number of rotatable bonds is 6. The molecule has 0 amide bonds. The predicted octanol–water partition coefficient (Wildman–Crippen LogP) is 0.257. The Labute approximate surface area is 62.7 Å². The van der Waals surface area contributed by atoms with E-state index in [0.717, 1.165) is 19.6 Å². The fourth-order valence-corrected chi connectivity index (χ4v) is 0.780. The van der Waals surface area contributed by atoms with Crippen LogP contribution in [0, 0.1) is 0 Å². The third kappa shape index (κ3) is 4.73. The monoisotopic (exact) mass is 147 g/mol. The van der Waals surface area contributed by atoms with Crippen molar-refractivity contribution in [1.82, 2.24) is 5.32 Å². The fourth-order valence-electron chi connectivity index (χ4n) is 0.780. The Morgan fingerprint density at radius 3 is 2.50 bits per heavy atom. The molecule has 10 heavy (non-hydrogen) atoms. The van der Waals surface area contributed by atoms with Gasteiger partial charge in [0.15, 0.2) is 0 Å². The minimum Gasteiger partial charge on any atom is -0.385 e. The maximum absolute atomic E-state index is 5.15. The molecule has 0 aliphatic heterocycles. The van der Waals surface area contributed by atoms with Crippen LogP contribution < -0.4 is 5.32 Å². The summed E-state index contributed by atoms with van der Waals surface area (Å²) in [5.74, 6) is 0. The Morgan fingerprint density at radius 1 is 1.40 bits per heavy atom. The van der Waals surface area contributed by atoms with Gasteiger partial charge in [-0.25, -0.2) is 0 Å². The van der Waals surface area contributed by atoms with Crippen molar-refractivity contribution in [3.8, 4) is 0 Å². The number of likely N-dealkylation sites (N-methyl/N-ethyl adjacent to an activating group) is 1. The lowest BCUT2D eigenvalue weighted by molar-refractivity contribution is 0.0677. The van der Waals surface area contributed by atoms with E-state index in [0.29, 0.717) is 0 Å². The first-order valence-corrected chi connectivity index (χ1v) is 3.51. The third-order valence-corrected chi connectivity index (χ3v) is 1.41. The Hall–Kier alpha value is -0.120. The van der Waals surface area contributed by atoms with Crippen molar-refractivity contribution in [1.29, 1.82) is 0 Å². The van der Waals surface area contributed by atoms with E-state index in [1.807, 2.05) is 7.05 Å². The summed E-state index contributed by atoms with van der Waals surface area (Å²) in [7, 11) is 5.34. The number of ether oxygens (including phenoxy) is 2. The molecule has 0 aliphatic carbocycles. The normalized spacial score (nSPS) is 13.5. The summed E-state index contributed by atoms with van der Waals surface area (Å²) in [5, 5.41) is 3.05. The second kappa shape index (κ2) is 6.99. The summed E-state index contributed by atoms with van der Waals surface area (Å²) in [6.07, 6.45) is 1.23. The molecule has 0 spiro atoms. The van der Waals surface area contributed by atoms with Crippen molar-refractivity contribution in [3.05, 3.63) is 0 Å². The Kier molecular flexibility index (Phi) is 6.91. The van der Waals surface area contributed by atoms with E-state index in [4.69, 9.17) is 9.47 Å². The molecule has 1 atom stereocenters. The van der Waals surface area contributed by atoms with E-state index in [-0.39, 0.29) is 6.10 Å². The highest BCUT2D eigenvalue weighted by Crippen LogP contribution is 1.94. The van der Waals surface area contributed by atoms with Gasteiger partial charge in [-0.05, 0) is 13.5 Å². The fraction of sp³-hybridized carbons (Fsp3) is 1.00. The first-order valence-electron chi connectivity index (χ1n) is 3.51. The van der Waals surface area contributed by atoms with Gasteiger partial charge in [-0.15, -0.1) is 0 Å². The second-order valence-corrected chi connectivity index (χ2v) is 2.20. The topological polar surface area (TPSA) is 30.5 Å². The molecule has 0 bridgehead atoms. The van der Waals surface area contributed by atoms with Gasteiger partial charge in [-0.3, -0.25) is 0 Å². The van der Waals surface area contributed by atoms with Gasteiger partial charge in [0.1, 0.15) is 0 Å². The van der Waals surface area contributed by atoms with E-state index in [9.17, 15) is 0 Å². The average molecular weight is 147 g/mol. The van der Waals surface area contributed by atoms with Crippen LogP contribution in [-0.2, 0) is 9.47 Å². The molecule has 62 valence electrons. The molecular formula is C7H17NO2. The van der Waals surface area contributed by atoms with E-state index < -0.39 is 0 Å². The highest BCUT2D eigenvalue weighted by atomic mass is 16.5. The second-order valence-electron chi connectivity index (χ2n) is 2.20. The van der Waals surface area contributed by atoms with E-state index in [1.165, 1.54) is 0 Å². The minimum atomic E-state index is 0.282. The zero-order valence-electron chi connectivity index (χ0n) is 7.02. The quantitative estimate of drug-likeness (QED) is 0.584. The maximum Gasteiger partial charge on any atom is 0.0717 e. The molecule has 1 N–H and O–H groups in total. The summed E-state index contributed by atoms with van der Waals surface area (Å²) in [5.41, 5.74) is 0. The lowest BCUT2D eigenvalue weighted by Gasteiger charge is -2.13. The smallest absolute Gasteiger partial charge is 0.0717 e. The van der Waals surface area contributed by atoms with Crippen molar-refractivity contribution in [2.45, 2.75) is 12.5 Å². The molecule has 0 aromatic heterocycles. The minimum absolute atomic E-state index is 0.282. The summed E-state index contributed by atoms with van der Waals surface area (Å²) >= 11 is 0. The molecule has 0 radical (unpaired) electrons. The summed E-state index contributed by atoms with van der Waals surface area (Å²) in [6.45, 7) is 1.65. The summed E-state index contributed by atoms with van der Waals surface area (Å²) in [4.78, 5) is 0. The molecule has 0 fully saturated rings. The summed E-state index contributed by atoms with van der Waals surface area (Å²) < 4.78 is 10.1. The molecule has 3 nitrogen and oxygen atoms in total. The molecule has 0 aromatic carbocycles. The molecular weight excluding hydrogens is 130 g/mol. The third-order valence-electron chi connectivity index (χ3n) is 1.41. The summed E-state index contributed by atoms with van der Waals surface area (Å²) in [6, 6.07) is 0. The van der Waals surface area contributed by atoms with Crippen molar-refractivity contribution < 1.29 is 9.47 Å². The van der Waals surface area contributed by atoms with Crippen molar-refractivity contribution in [2.24, 2.45) is 0 Å². The zero-order valence-corrected chi connectivity index (χ0v) is 7.02. The van der Waals surface area contributed by atoms with Crippen molar-refractivity contribution in [3.63, 3.8) is 0 Å². The Bertz CT molecular complexity index is 68.6. The van der Waals surface area contributed by atoms with Gasteiger partial charge in [0.25, 0.3) is 0 Å². The highest BCUT2D eigenvalue weighted by Gasteiger charge is 2.03. The number of nitrogens with one attached hydrogen (secondary N) is 1. The Balaban J connectivity index is 3.21. The molecule has 3 heteroatoms. The standard InChI is InChI=1S/C7H17NO2/c1-8-6-7(10-3)4-5-9-2/h7-8H,4-6H2,1-3H3. The van der Waals surface area contributed by atoms with Gasteiger partial charge in [0, 0.05) is 27.4 Å². The van der Waals surface area contributed by atoms with Gasteiger partial charge in [0.2, 0.25) is 0 Å². The predicted molar refractivity (Wildman–Crippen MR) is 41.2 cm³/mol. The molecule has 0 saturated heterocycles. The van der Waals surface area contributed by atoms with Gasteiger partial charge in [-0.1, -0.05) is 0 Å². The van der Waals surface area contributed by atoms with Crippen LogP contribution in [0.25, 0.3) is 0 Å². The first kappa shape index (κ1) is 9.88. The molecule has 0 aliphatic rings. The van der Waals surface area contributed by atoms with Crippen LogP contribution in [-0.4, -0.2) is 40.5 Å². The van der Waals surface area contributed by atoms with Crippen LogP contribution in [0.5, 0.6) is 0 Å². The van der Waals surface area contributed by atoms with Crippen LogP contribution in [0.1, 0.15) is 6.42 Å². The zero-order chi connectivity index (χ0) is 7.82. The van der Waals surface area contributed by atoms with E-state index in [2.05, 4.69) is 5.32 Å². The van der Waals surface area contributed by atoms with Crippen LogP contribution in [0.2, 0.25) is 0 Å². The molecule has 0 aromatic rings. The number of hydrogen-bond donors (Lipinski definition) is 1. The SMILES string of the molecule is CNCC(CCOC)OC. The van der Waals surface area contributed by atoms with E-state index in [1.54, 1.807) is 14.2 Å². The highest BCUT2D eigenvalue weighted by molar-refractivity contribution is 4.58. The lowest BCUT2D eigenvalue weighted by Crippen LogP contribution is -2.26. The van der Waals surface area contributed by atoms with Crippen LogP contribution in [0.15, 0.2) is 0 Å².